The van der Waals surface area contributed by atoms with Crippen LogP contribution in [0, 0.1) is 0 Å². The second kappa shape index (κ2) is 12.4. The van der Waals surface area contributed by atoms with E-state index in [4.69, 9.17) is 19.9 Å². The highest BCUT2D eigenvalue weighted by atomic mass is 16.5. The SMILES string of the molecule is CCN1C(=O)CCc2c(OCC(O)CNC(C)Oc3ccc(C(N)=O)cc3)ccc(OCC(C)=O)c21. The summed E-state index contributed by atoms with van der Waals surface area (Å²) < 4.78 is 17.3. The first kappa shape index (κ1) is 27.0. The predicted octanol–water partition coefficient (Wildman–Crippen LogP) is 1.81. The Labute approximate surface area is 210 Å². The number of fused-ring (bicyclic) bond motifs is 1. The lowest BCUT2D eigenvalue weighted by molar-refractivity contribution is -0.119. The van der Waals surface area contributed by atoms with Gasteiger partial charge in [-0.15, -0.1) is 0 Å². The van der Waals surface area contributed by atoms with Gasteiger partial charge in [-0.3, -0.25) is 19.7 Å². The van der Waals surface area contributed by atoms with Gasteiger partial charge in [0.15, 0.2) is 5.78 Å². The Bertz CT molecular complexity index is 1090. The van der Waals surface area contributed by atoms with Crippen molar-refractivity contribution in [2.45, 2.75) is 45.9 Å². The molecule has 0 spiro atoms. The maximum absolute atomic E-state index is 12.5. The molecule has 1 aliphatic heterocycles. The Balaban J connectivity index is 1.59. The van der Waals surface area contributed by atoms with Crippen LogP contribution < -0.4 is 30.2 Å². The van der Waals surface area contributed by atoms with Crippen molar-refractivity contribution >= 4 is 23.3 Å². The number of nitrogens with two attached hydrogens (primary N) is 1. The Kier molecular flexibility index (Phi) is 9.26. The monoisotopic (exact) mass is 499 g/mol. The molecule has 2 unspecified atom stereocenters. The Hall–Kier alpha value is -3.63. The second-order valence-electron chi connectivity index (χ2n) is 8.54. The number of primary amides is 1. The van der Waals surface area contributed by atoms with Gasteiger partial charge in [-0.2, -0.15) is 0 Å². The highest BCUT2D eigenvalue weighted by molar-refractivity contribution is 5.99. The van der Waals surface area contributed by atoms with E-state index < -0.39 is 18.2 Å². The first-order valence-corrected chi connectivity index (χ1v) is 11.9. The zero-order chi connectivity index (χ0) is 26.2. The van der Waals surface area contributed by atoms with Crippen molar-refractivity contribution in [3.05, 3.63) is 47.5 Å². The van der Waals surface area contributed by atoms with Gasteiger partial charge in [0.05, 0.1) is 5.69 Å². The maximum Gasteiger partial charge on any atom is 0.248 e. The van der Waals surface area contributed by atoms with E-state index in [1.54, 1.807) is 48.2 Å². The second-order valence-corrected chi connectivity index (χ2v) is 8.54. The number of hydrogen-bond donors (Lipinski definition) is 3. The number of carbonyl (C=O) groups is 3. The summed E-state index contributed by atoms with van der Waals surface area (Å²) in [5.41, 5.74) is 7.06. The van der Waals surface area contributed by atoms with Gasteiger partial charge < -0.3 is 30.0 Å². The number of Topliss-reactive ketones (excluding diaryl/α,β-unsaturated/α-hetero) is 1. The van der Waals surface area contributed by atoms with Crippen LogP contribution in [0.25, 0.3) is 0 Å². The third kappa shape index (κ3) is 6.96. The Morgan fingerprint density at radius 2 is 1.81 bits per heavy atom. The zero-order valence-corrected chi connectivity index (χ0v) is 20.8. The molecule has 10 heteroatoms. The number of hydrogen-bond acceptors (Lipinski definition) is 8. The summed E-state index contributed by atoms with van der Waals surface area (Å²) in [4.78, 5) is 36.7. The van der Waals surface area contributed by atoms with Crippen molar-refractivity contribution in [1.82, 2.24) is 5.32 Å². The molecule has 0 saturated heterocycles. The van der Waals surface area contributed by atoms with E-state index >= 15 is 0 Å². The molecule has 1 aliphatic rings. The summed E-state index contributed by atoms with van der Waals surface area (Å²) in [5.74, 6) is 0.926. The van der Waals surface area contributed by atoms with Gasteiger partial charge in [-0.1, -0.05) is 0 Å². The molecule has 4 N–H and O–H groups in total. The van der Waals surface area contributed by atoms with E-state index in [1.807, 2.05) is 6.92 Å². The number of ether oxygens (including phenoxy) is 3. The third-order valence-corrected chi connectivity index (χ3v) is 5.63. The van der Waals surface area contributed by atoms with Crippen LogP contribution in [0.15, 0.2) is 36.4 Å². The van der Waals surface area contributed by atoms with E-state index in [-0.39, 0.29) is 31.4 Å². The summed E-state index contributed by atoms with van der Waals surface area (Å²) in [5, 5.41) is 13.5. The van der Waals surface area contributed by atoms with E-state index in [1.165, 1.54) is 6.92 Å². The molecule has 2 amide bonds. The van der Waals surface area contributed by atoms with Crippen LogP contribution in [-0.4, -0.2) is 61.3 Å². The average Bonchev–Trinajstić information content (AvgIpc) is 2.85. The summed E-state index contributed by atoms with van der Waals surface area (Å²) in [7, 11) is 0. The molecule has 0 aliphatic carbocycles. The summed E-state index contributed by atoms with van der Waals surface area (Å²) in [6, 6.07) is 9.88. The van der Waals surface area contributed by atoms with Gasteiger partial charge in [0, 0.05) is 30.6 Å². The van der Waals surface area contributed by atoms with Crippen LogP contribution in [0.3, 0.4) is 0 Å². The van der Waals surface area contributed by atoms with Crippen molar-refractivity contribution in [2.24, 2.45) is 5.73 Å². The van der Waals surface area contributed by atoms with Gasteiger partial charge in [0.25, 0.3) is 0 Å². The molecule has 194 valence electrons. The van der Waals surface area contributed by atoms with Crippen LogP contribution in [0.4, 0.5) is 5.69 Å². The van der Waals surface area contributed by atoms with Gasteiger partial charge in [-0.25, -0.2) is 0 Å². The minimum Gasteiger partial charge on any atom is -0.490 e. The number of aliphatic hydroxyl groups is 1. The fraction of sp³-hybridized carbons (Fsp3) is 0.423. The Morgan fingerprint density at radius 3 is 2.44 bits per heavy atom. The number of anilines is 1. The maximum atomic E-state index is 12.5. The van der Waals surface area contributed by atoms with Crippen LogP contribution in [0.5, 0.6) is 17.2 Å². The van der Waals surface area contributed by atoms with E-state index in [0.29, 0.717) is 47.9 Å². The first-order valence-electron chi connectivity index (χ1n) is 11.9. The van der Waals surface area contributed by atoms with Crippen molar-refractivity contribution in [1.29, 1.82) is 0 Å². The minimum absolute atomic E-state index is 0.0164. The molecule has 0 aromatic heterocycles. The van der Waals surface area contributed by atoms with E-state index in [2.05, 4.69) is 5.32 Å². The molecule has 10 nitrogen and oxygen atoms in total. The normalized spacial score (nSPS) is 14.6. The van der Waals surface area contributed by atoms with E-state index in [0.717, 1.165) is 5.56 Å². The number of nitrogens with one attached hydrogen (secondary N) is 1. The van der Waals surface area contributed by atoms with Crippen molar-refractivity contribution in [3.63, 3.8) is 0 Å². The predicted molar refractivity (Wildman–Crippen MR) is 134 cm³/mol. The molecule has 2 aromatic carbocycles. The smallest absolute Gasteiger partial charge is 0.248 e. The van der Waals surface area contributed by atoms with Crippen LogP contribution in [-0.2, 0) is 16.0 Å². The number of benzene rings is 2. The van der Waals surface area contributed by atoms with Gasteiger partial charge >= 0.3 is 0 Å². The molecule has 0 fully saturated rings. The number of aliphatic hydroxyl groups excluding tert-OH is 1. The number of carbonyl (C=O) groups excluding carboxylic acids is 3. The first-order chi connectivity index (χ1) is 17.2. The molecule has 0 radical (unpaired) electrons. The minimum atomic E-state index is -0.829. The van der Waals surface area contributed by atoms with Gasteiger partial charge in [0.1, 0.15) is 42.8 Å². The van der Waals surface area contributed by atoms with Crippen LogP contribution in [0.2, 0.25) is 0 Å². The molecule has 2 aromatic rings. The van der Waals surface area contributed by atoms with Crippen LogP contribution >= 0.6 is 0 Å². The highest BCUT2D eigenvalue weighted by Gasteiger charge is 2.29. The van der Waals surface area contributed by atoms with Crippen molar-refractivity contribution < 1.29 is 33.7 Å². The lowest BCUT2D eigenvalue weighted by atomic mass is 9.99. The molecule has 2 atom stereocenters. The molecule has 0 saturated carbocycles. The molecule has 1 heterocycles. The number of nitrogens with zero attached hydrogens (tertiary/aromatic N) is 1. The van der Waals surface area contributed by atoms with Gasteiger partial charge in [-0.05, 0) is 63.6 Å². The quantitative estimate of drug-likeness (QED) is 0.355. The van der Waals surface area contributed by atoms with Crippen LogP contribution in [0.1, 0.15) is 43.1 Å². The summed E-state index contributed by atoms with van der Waals surface area (Å²) in [6.07, 6.45) is -0.420. The zero-order valence-electron chi connectivity index (χ0n) is 20.8. The third-order valence-electron chi connectivity index (χ3n) is 5.63. The lowest BCUT2D eigenvalue weighted by Gasteiger charge is -2.31. The Morgan fingerprint density at radius 1 is 1.11 bits per heavy atom. The topological polar surface area (TPSA) is 140 Å². The number of amides is 2. The van der Waals surface area contributed by atoms with E-state index in [9.17, 15) is 19.5 Å². The summed E-state index contributed by atoms with van der Waals surface area (Å²) >= 11 is 0. The number of rotatable bonds is 13. The standard InChI is InChI=1S/C26H33N3O7/c1-4-29-24(32)12-9-21-22(10-11-23(25(21)29)34-14-16(2)30)35-15-19(31)13-28-17(3)36-20-7-5-18(6-8-20)26(27)33/h5-8,10-11,17,19,28,31H,4,9,12-15H2,1-3H3,(H2,27,33). The molecule has 0 bridgehead atoms. The molecule has 36 heavy (non-hydrogen) atoms. The molecular weight excluding hydrogens is 466 g/mol. The molecule has 3 rings (SSSR count). The summed E-state index contributed by atoms with van der Waals surface area (Å²) in [6.45, 7) is 5.71. The van der Waals surface area contributed by atoms with Crippen molar-refractivity contribution in [3.8, 4) is 17.2 Å². The average molecular weight is 500 g/mol. The lowest BCUT2D eigenvalue weighted by Crippen LogP contribution is -2.39. The molecular formula is C26H33N3O7. The number of ketones is 1. The van der Waals surface area contributed by atoms with Crippen molar-refractivity contribution in [2.75, 3.05) is 31.2 Å². The largest absolute Gasteiger partial charge is 0.490 e. The highest BCUT2D eigenvalue weighted by Crippen LogP contribution is 2.42. The fourth-order valence-corrected chi connectivity index (χ4v) is 3.88. The van der Waals surface area contributed by atoms with Gasteiger partial charge in [0.2, 0.25) is 11.8 Å². The fourth-order valence-electron chi connectivity index (χ4n) is 3.88.